The molecule has 0 aliphatic carbocycles. The molecule has 1 atom stereocenters. The van der Waals surface area contributed by atoms with Gasteiger partial charge in [0.15, 0.2) is 0 Å². The van der Waals surface area contributed by atoms with Gasteiger partial charge in [0.25, 0.3) is 6.43 Å². The number of nitrogens with two attached hydrogens (primary N) is 1. The lowest BCUT2D eigenvalue weighted by atomic mass is 10.1. The molecule has 0 aliphatic rings. The molecule has 0 aromatic heterocycles. The molecular formula is C4H8F3N. The molecule has 1 unspecified atom stereocenters. The van der Waals surface area contributed by atoms with Crippen LogP contribution >= 0.6 is 0 Å². The van der Waals surface area contributed by atoms with Crippen molar-refractivity contribution in [1.29, 1.82) is 0 Å². The van der Waals surface area contributed by atoms with Crippen LogP contribution in [0, 0.1) is 0 Å². The van der Waals surface area contributed by atoms with E-state index in [0.717, 1.165) is 6.92 Å². The lowest BCUT2D eigenvalue weighted by molar-refractivity contribution is 0.0492. The van der Waals surface area contributed by atoms with Gasteiger partial charge < -0.3 is 5.73 Å². The summed E-state index contributed by atoms with van der Waals surface area (Å²) in [6, 6.07) is 0. The first-order valence-electron chi connectivity index (χ1n) is 2.13. The molecule has 0 saturated heterocycles. The number of halogens is 3. The van der Waals surface area contributed by atoms with Crippen molar-refractivity contribution in [3.05, 3.63) is 0 Å². The lowest BCUT2D eigenvalue weighted by Crippen LogP contribution is -2.45. The molecular weight excluding hydrogens is 119 g/mol. The summed E-state index contributed by atoms with van der Waals surface area (Å²) in [6.45, 7) is -0.220. The fourth-order valence-corrected chi connectivity index (χ4v) is 0.0583. The summed E-state index contributed by atoms with van der Waals surface area (Å²) in [7, 11) is 0. The third-order valence-corrected chi connectivity index (χ3v) is 0.786. The second kappa shape index (κ2) is 2.35. The molecule has 0 heterocycles. The molecule has 0 amide bonds. The van der Waals surface area contributed by atoms with Gasteiger partial charge in [-0.05, 0) is 6.92 Å². The summed E-state index contributed by atoms with van der Waals surface area (Å²) in [4.78, 5) is 0. The average molecular weight is 127 g/mol. The van der Waals surface area contributed by atoms with Gasteiger partial charge in [-0.2, -0.15) is 0 Å². The van der Waals surface area contributed by atoms with E-state index in [1.807, 2.05) is 0 Å². The zero-order valence-corrected chi connectivity index (χ0v) is 4.50. The molecule has 0 radical (unpaired) electrons. The van der Waals surface area contributed by atoms with Crippen LogP contribution in [0.2, 0.25) is 0 Å². The third-order valence-electron chi connectivity index (χ3n) is 0.786. The maximum Gasteiger partial charge on any atom is 0.258 e. The Balaban J connectivity index is 3.71. The summed E-state index contributed by atoms with van der Waals surface area (Å²) in [6.07, 6.45) is -2.78. The monoisotopic (exact) mass is 127 g/mol. The zero-order chi connectivity index (χ0) is 6.78. The minimum absolute atomic E-state index is 0.970. The summed E-state index contributed by atoms with van der Waals surface area (Å²) in [5, 5.41) is 0. The van der Waals surface area contributed by atoms with Gasteiger partial charge in [0.2, 0.25) is 0 Å². The van der Waals surface area contributed by atoms with Crippen LogP contribution < -0.4 is 5.73 Å². The number of alkyl halides is 3. The summed E-state index contributed by atoms with van der Waals surface area (Å²) >= 11 is 0. The van der Waals surface area contributed by atoms with Crippen molar-refractivity contribution in [3.8, 4) is 0 Å². The van der Waals surface area contributed by atoms with Gasteiger partial charge in [0.05, 0.1) is 0 Å². The standard InChI is InChI=1S/C4H8F3N/c1-4(8,2-5)3(6)7/h3H,2,8H2,1H3. The zero-order valence-electron chi connectivity index (χ0n) is 4.50. The molecule has 1 nitrogen and oxygen atoms in total. The highest BCUT2D eigenvalue weighted by Gasteiger charge is 2.29. The highest BCUT2D eigenvalue weighted by Crippen LogP contribution is 2.11. The maximum atomic E-state index is 11.4. The van der Waals surface area contributed by atoms with Gasteiger partial charge in [-0.1, -0.05) is 0 Å². The fourth-order valence-electron chi connectivity index (χ4n) is 0.0583. The van der Waals surface area contributed by atoms with Crippen molar-refractivity contribution in [2.45, 2.75) is 18.9 Å². The Morgan fingerprint density at radius 2 is 2.00 bits per heavy atom. The largest absolute Gasteiger partial charge is 0.318 e. The Labute approximate surface area is 45.7 Å². The van der Waals surface area contributed by atoms with Gasteiger partial charge in [-0.25, -0.2) is 13.2 Å². The van der Waals surface area contributed by atoms with E-state index in [4.69, 9.17) is 5.73 Å². The number of rotatable bonds is 2. The van der Waals surface area contributed by atoms with E-state index < -0.39 is 18.6 Å². The minimum Gasteiger partial charge on any atom is -0.318 e. The van der Waals surface area contributed by atoms with Crippen LogP contribution in [-0.2, 0) is 0 Å². The van der Waals surface area contributed by atoms with Gasteiger partial charge in [0, 0.05) is 0 Å². The number of hydrogen-bond acceptors (Lipinski definition) is 1. The molecule has 0 aromatic carbocycles. The quantitative estimate of drug-likeness (QED) is 0.586. The first-order valence-corrected chi connectivity index (χ1v) is 2.13. The molecule has 0 saturated carbocycles. The predicted molar refractivity (Wildman–Crippen MR) is 24.6 cm³/mol. The molecule has 0 fully saturated rings. The van der Waals surface area contributed by atoms with E-state index in [1.54, 1.807) is 0 Å². The normalized spacial score (nSPS) is 18.8. The topological polar surface area (TPSA) is 26.0 Å². The van der Waals surface area contributed by atoms with Crippen LogP contribution in [0.4, 0.5) is 13.2 Å². The first kappa shape index (κ1) is 7.75. The van der Waals surface area contributed by atoms with E-state index in [1.165, 1.54) is 0 Å². The second-order valence-electron chi connectivity index (χ2n) is 1.94. The maximum absolute atomic E-state index is 11.4. The van der Waals surface area contributed by atoms with E-state index in [-0.39, 0.29) is 0 Å². The molecule has 0 rings (SSSR count). The van der Waals surface area contributed by atoms with Crippen LogP contribution in [0.25, 0.3) is 0 Å². The van der Waals surface area contributed by atoms with E-state index in [9.17, 15) is 13.2 Å². The Morgan fingerprint density at radius 1 is 1.62 bits per heavy atom. The van der Waals surface area contributed by atoms with Crippen molar-refractivity contribution < 1.29 is 13.2 Å². The van der Waals surface area contributed by atoms with E-state index in [2.05, 4.69) is 0 Å². The Kier molecular flexibility index (Phi) is 2.27. The Morgan fingerprint density at radius 3 is 2.00 bits per heavy atom. The minimum atomic E-state index is -2.78. The molecule has 0 aromatic rings. The second-order valence-corrected chi connectivity index (χ2v) is 1.94. The first-order chi connectivity index (χ1) is 3.50. The van der Waals surface area contributed by atoms with Crippen molar-refractivity contribution >= 4 is 0 Å². The van der Waals surface area contributed by atoms with Crippen LogP contribution in [0.3, 0.4) is 0 Å². The highest BCUT2D eigenvalue weighted by molar-refractivity contribution is 4.79. The third kappa shape index (κ3) is 1.69. The van der Waals surface area contributed by atoms with Gasteiger partial charge >= 0.3 is 0 Å². The summed E-state index contributed by atoms with van der Waals surface area (Å²) < 4.78 is 34.3. The molecule has 2 N–H and O–H groups in total. The fraction of sp³-hybridized carbons (Fsp3) is 1.00. The summed E-state index contributed by atoms with van der Waals surface area (Å²) in [5.41, 5.74) is 2.78. The van der Waals surface area contributed by atoms with Crippen molar-refractivity contribution in [2.75, 3.05) is 6.67 Å². The van der Waals surface area contributed by atoms with E-state index >= 15 is 0 Å². The average Bonchev–Trinajstić information content (AvgIpc) is 1.67. The van der Waals surface area contributed by atoms with Crippen molar-refractivity contribution in [2.24, 2.45) is 5.73 Å². The highest BCUT2D eigenvalue weighted by atomic mass is 19.3. The summed E-state index contributed by atoms with van der Waals surface area (Å²) in [5.74, 6) is 0. The van der Waals surface area contributed by atoms with E-state index in [0.29, 0.717) is 0 Å². The van der Waals surface area contributed by atoms with Crippen LogP contribution in [-0.4, -0.2) is 18.6 Å². The van der Waals surface area contributed by atoms with Gasteiger partial charge in [0.1, 0.15) is 12.2 Å². The van der Waals surface area contributed by atoms with Gasteiger partial charge in [-0.15, -0.1) is 0 Å². The number of hydrogen-bond donors (Lipinski definition) is 1. The lowest BCUT2D eigenvalue weighted by Gasteiger charge is -2.17. The predicted octanol–water partition coefficient (Wildman–Crippen LogP) is 0.938. The molecule has 50 valence electrons. The van der Waals surface area contributed by atoms with Crippen molar-refractivity contribution in [1.82, 2.24) is 0 Å². The molecule has 0 aliphatic heterocycles. The molecule has 8 heavy (non-hydrogen) atoms. The van der Waals surface area contributed by atoms with Crippen LogP contribution in [0.5, 0.6) is 0 Å². The smallest absolute Gasteiger partial charge is 0.258 e. The van der Waals surface area contributed by atoms with Crippen LogP contribution in [0.15, 0.2) is 0 Å². The molecule has 4 heteroatoms. The Hall–Kier alpha value is -0.250. The van der Waals surface area contributed by atoms with Crippen molar-refractivity contribution in [3.63, 3.8) is 0 Å². The SMILES string of the molecule is CC(N)(CF)C(F)F. The Bertz CT molecular complexity index is 71.7. The molecule has 0 bridgehead atoms. The molecule has 0 spiro atoms. The van der Waals surface area contributed by atoms with Gasteiger partial charge in [-0.3, -0.25) is 0 Å². The van der Waals surface area contributed by atoms with Crippen LogP contribution in [0.1, 0.15) is 6.92 Å².